The highest BCUT2D eigenvalue weighted by molar-refractivity contribution is 9.10. The molecule has 2 rings (SSSR count). The first-order chi connectivity index (χ1) is 9.50. The van der Waals surface area contributed by atoms with Gasteiger partial charge >= 0.3 is 0 Å². The predicted molar refractivity (Wildman–Crippen MR) is 82.4 cm³/mol. The van der Waals surface area contributed by atoms with E-state index in [1.165, 1.54) is 12.1 Å². The average molecular weight is 343 g/mol. The van der Waals surface area contributed by atoms with Crippen LogP contribution in [-0.2, 0) is 0 Å². The number of hydrogen-bond donors (Lipinski definition) is 2. The van der Waals surface area contributed by atoms with E-state index >= 15 is 0 Å². The fourth-order valence-electron chi connectivity index (χ4n) is 2.61. The Kier molecular flexibility index (Phi) is 5.18. The van der Waals surface area contributed by atoms with Gasteiger partial charge in [-0.15, -0.1) is 6.58 Å². The summed E-state index contributed by atoms with van der Waals surface area (Å²) >= 11 is 3.27. The highest BCUT2D eigenvalue weighted by Crippen LogP contribution is 2.39. The summed E-state index contributed by atoms with van der Waals surface area (Å²) in [6, 6.07) is 2.75. The molecule has 2 N–H and O–H groups in total. The van der Waals surface area contributed by atoms with Crippen molar-refractivity contribution in [1.29, 1.82) is 0 Å². The Labute approximate surface area is 127 Å². The van der Waals surface area contributed by atoms with Gasteiger partial charge < -0.3 is 10.4 Å². The molecule has 20 heavy (non-hydrogen) atoms. The van der Waals surface area contributed by atoms with Crippen molar-refractivity contribution in [2.24, 2.45) is 0 Å². The molecule has 1 aromatic carbocycles. The average Bonchev–Trinajstić information content (AvgIpc) is 2.43. The van der Waals surface area contributed by atoms with Crippen LogP contribution in [0.15, 0.2) is 28.8 Å². The second kappa shape index (κ2) is 6.70. The van der Waals surface area contributed by atoms with Gasteiger partial charge in [-0.3, -0.25) is 4.90 Å². The molecule has 0 spiro atoms. The van der Waals surface area contributed by atoms with Crippen molar-refractivity contribution in [3.63, 3.8) is 0 Å². The zero-order valence-electron chi connectivity index (χ0n) is 11.6. The number of nitrogens with zero attached hydrogens (tertiary/aromatic N) is 1. The molecule has 0 bridgehead atoms. The van der Waals surface area contributed by atoms with Gasteiger partial charge in [0.15, 0.2) is 0 Å². The van der Waals surface area contributed by atoms with E-state index in [9.17, 15) is 9.50 Å². The normalized spacial score (nSPS) is 17.9. The molecule has 1 aromatic rings. The van der Waals surface area contributed by atoms with Crippen LogP contribution < -0.4 is 5.32 Å². The lowest BCUT2D eigenvalue weighted by atomic mass is 9.96. The first-order valence-corrected chi connectivity index (χ1v) is 7.56. The largest absolute Gasteiger partial charge is 0.506 e. The fourth-order valence-corrected chi connectivity index (χ4v) is 2.96. The Bertz CT molecular complexity index is 501. The summed E-state index contributed by atoms with van der Waals surface area (Å²) in [6.07, 6.45) is 0.640. The Balaban J connectivity index is 2.40. The predicted octanol–water partition coefficient (Wildman–Crippen LogP) is 3.21. The van der Waals surface area contributed by atoms with Crippen molar-refractivity contribution in [3.05, 3.63) is 40.1 Å². The summed E-state index contributed by atoms with van der Waals surface area (Å²) in [7, 11) is 0. The van der Waals surface area contributed by atoms with E-state index in [4.69, 9.17) is 0 Å². The topological polar surface area (TPSA) is 35.5 Å². The number of benzene rings is 1. The maximum absolute atomic E-state index is 14.2. The lowest BCUT2D eigenvalue weighted by Crippen LogP contribution is -2.45. The summed E-state index contributed by atoms with van der Waals surface area (Å²) in [5.74, 6) is -0.370. The molecule has 110 valence electrons. The molecule has 1 heterocycles. The minimum Gasteiger partial charge on any atom is -0.506 e. The van der Waals surface area contributed by atoms with E-state index < -0.39 is 0 Å². The van der Waals surface area contributed by atoms with Crippen molar-refractivity contribution >= 4 is 15.9 Å². The Hall–Kier alpha value is -0.910. The highest BCUT2D eigenvalue weighted by atomic mass is 79.9. The molecule has 0 radical (unpaired) electrons. The maximum Gasteiger partial charge on any atom is 0.137 e. The van der Waals surface area contributed by atoms with Gasteiger partial charge in [0, 0.05) is 37.8 Å². The zero-order valence-corrected chi connectivity index (χ0v) is 13.2. The third-order valence-corrected chi connectivity index (χ3v) is 4.22. The number of halogens is 2. The van der Waals surface area contributed by atoms with E-state index in [1.54, 1.807) is 0 Å². The van der Waals surface area contributed by atoms with Gasteiger partial charge in [-0.25, -0.2) is 4.39 Å². The molecule has 0 aromatic heterocycles. The molecule has 1 fully saturated rings. The van der Waals surface area contributed by atoms with Gasteiger partial charge in [-0.05, 0) is 41.4 Å². The van der Waals surface area contributed by atoms with Crippen LogP contribution in [0, 0.1) is 5.82 Å². The maximum atomic E-state index is 14.2. The molecule has 1 aliphatic rings. The van der Waals surface area contributed by atoms with Crippen LogP contribution in [-0.4, -0.2) is 36.2 Å². The number of phenolic OH excluding ortho intramolecular Hbond substituents is 1. The molecule has 1 saturated heterocycles. The van der Waals surface area contributed by atoms with Crippen LogP contribution in [0.4, 0.5) is 4.39 Å². The van der Waals surface area contributed by atoms with E-state index in [-0.39, 0.29) is 17.6 Å². The summed E-state index contributed by atoms with van der Waals surface area (Å²) in [5.41, 5.74) is 1.34. The summed E-state index contributed by atoms with van der Waals surface area (Å²) in [4.78, 5) is 2.20. The number of rotatable bonds is 4. The monoisotopic (exact) mass is 342 g/mol. The van der Waals surface area contributed by atoms with Crippen LogP contribution >= 0.6 is 15.9 Å². The Morgan fingerprint density at radius 1 is 1.50 bits per heavy atom. The lowest BCUT2D eigenvalue weighted by Gasteiger charge is -2.36. The smallest absolute Gasteiger partial charge is 0.137 e. The molecule has 0 aliphatic carbocycles. The number of phenols is 1. The van der Waals surface area contributed by atoms with Crippen molar-refractivity contribution in [2.45, 2.75) is 19.4 Å². The van der Waals surface area contributed by atoms with Crippen LogP contribution in [0.2, 0.25) is 0 Å². The second-order valence-electron chi connectivity index (χ2n) is 5.25. The SMILES string of the molecule is C=C(C)C[C@H](c1c(F)ccc(Br)c1O)N1CCNCC1. The zero-order chi connectivity index (χ0) is 14.7. The summed E-state index contributed by atoms with van der Waals surface area (Å²) in [5, 5.41) is 13.5. The van der Waals surface area contributed by atoms with E-state index in [2.05, 4.69) is 32.7 Å². The van der Waals surface area contributed by atoms with Crippen LogP contribution in [0.5, 0.6) is 5.75 Å². The van der Waals surface area contributed by atoms with Crippen LogP contribution in [0.25, 0.3) is 0 Å². The standard InChI is InChI=1S/C15H20BrFN2O/c1-10(2)9-13(19-7-5-18-6-8-19)14-12(17)4-3-11(16)15(14)20/h3-4,13,18,20H,1,5-9H2,2H3/t13-/m1/s1. The molecule has 3 nitrogen and oxygen atoms in total. The van der Waals surface area contributed by atoms with Crippen LogP contribution in [0.3, 0.4) is 0 Å². The van der Waals surface area contributed by atoms with Gasteiger partial charge in [0.25, 0.3) is 0 Å². The Morgan fingerprint density at radius 3 is 2.75 bits per heavy atom. The second-order valence-corrected chi connectivity index (χ2v) is 6.11. The van der Waals surface area contributed by atoms with E-state index in [0.29, 0.717) is 16.5 Å². The molecule has 1 atom stereocenters. The molecule has 5 heteroatoms. The molecule has 0 amide bonds. The number of nitrogens with one attached hydrogen (secondary N) is 1. The molecular weight excluding hydrogens is 323 g/mol. The molecule has 1 aliphatic heterocycles. The minimum atomic E-state index is -0.365. The van der Waals surface area contributed by atoms with E-state index in [1.807, 2.05) is 6.92 Å². The molecular formula is C15H20BrFN2O. The van der Waals surface area contributed by atoms with Gasteiger partial charge in [0.2, 0.25) is 0 Å². The van der Waals surface area contributed by atoms with Gasteiger partial charge in [0.1, 0.15) is 11.6 Å². The Morgan fingerprint density at radius 2 is 2.15 bits per heavy atom. The van der Waals surface area contributed by atoms with Crippen molar-refractivity contribution in [1.82, 2.24) is 10.2 Å². The van der Waals surface area contributed by atoms with E-state index in [0.717, 1.165) is 31.8 Å². The molecule has 0 unspecified atom stereocenters. The summed E-state index contributed by atoms with van der Waals surface area (Å²) in [6.45, 7) is 9.30. The fraction of sp³-hybridized carbons (Fsp3) is 0.467. The first-order valence-electron chi connectivity index (χ1n) is 6.76. The van der Waals surface area contributed by atoms with Gasteiger partial charge in [0.05, 0.1) is 4.47 Å². The third-order valence-electron chi connectivity index (χ3n) is 3.58. The van der Waals surface area contributed by atoms with Gasteiger partial charge in [-0.1, -0.05) is 5.57 Å². The minimum absolute atomic E-state index is 0.00483. The van der Waals surface area contributed by atoms with Crippen molar-refractivity contribution in [3.8, 4) is 5.75 Å². The number of aromatic hydroxyl groups is 1. The number of piperazine rings is 1. The van der Waals surface area contributed by atoms with Crippen LogP contribution in [0.1, 0.15) is 24.9 Å². The molecule has 0 saturated carbocycles. The quantitative estimate of drug-likeness (QED) is 0.824. The van der Waals surface area contributed by atoms with Crippen molar-refractivity contribution < 1.29 is 9.50 Å². The van der Waals surface area contributed by atoms with Crippen molar-refractivity contribution in [2.75, 3.05) is 26.2 Å². The lowest BCUT2D eigenvalue weighted by molar-refractivity contribution is 0.166. The first kappa shape index (κ1) is 15.5. The van der Waals surface area contributed by atoms with Gasteiger partial charge in [-0.2, -0.15) is 0 Å². The summed E-state index contributed by atoms with van der Waals surface area (Å²) < 4.78 is 14.8. The number of hydrogen-bond acceptors (Lipinski definition) is 3. The third kappa shape index (κ3) is 3.40. The highest BCUT2D eigenvalue weighted by Gasteiger charge is 2.28.